The number of amides is 4. The number of fused-ring (bicyclic) bond motifs is 7. The van der Waals surface area contributed by atoms with E-state index in [-0.39, 0.29) is 49.4 Å². The summed E-state index contributed by atoms with van der Waals surface area (Å²) < 4.78 is 18.8. The largest absolute Gasteiger partial charge is 0.481 e. The van der Waals surface area contributed by atoms with Crippen molar-refractivity contribution < 1.29 is 63.1 Å². The number of ketones is 2. The van der Waals surface area contributed by atoms with Crippen molar-refractivity contribution in [2.75, 3.05) is 23.8 Å². The fourth-order valence-corrected chi connectivity index (χ4v) is 13.5. The lowest BCUT2D eigenvalue weighted by molar-refractivity contribution is -0.201. The third-order valence-electron chi connectivity index (χ3n) is 16.5. The van der Waals surface area contributed by atoms with Crippen LogP contribution in [0.4, 0.5) is 16.3 Å². The maximum absolute atomic E-state index is 14.0. The average Bonchev–Trinajstić information content (AvgIpc) is 4.28. The number of nitrogens with one attached hydrogen (secondary N) is 4. The summed E-state index contributed by atoms with van der Waals surface area (Å²) in [6, 6.07) is 19.5. The number of carbonyl (C=O) groups excluding carboxylic acids is 6. The van der Waals surface area contributed by atoms with Gasteiger partial charge < -0.3 is 45.5 Å². The number of aliphatic hydroxyl groups is 2. The molecule has 0 bridgehead atoms. The Kier molecular flexibility index (Phi) is 15.9. The Morgan fingerprint density at radius 2 is 1.64 bits per heavy atom. The molecule has 10 rings (SSSR count). The molecule has 0 radical (unpaired) electrons. The second kappa shape index (κ2) is 23.0. The van der Waals surface area contributed by atoms with Gasteiger partial charge in [0, 0.05) is 51.8 Å². The molecule has 5 aromatic rings. The first kappa shape index (κ1) is 55.4. The Balaban J connectivity index is 0.675. The monoisotopic (exact) mass is 1110 g/mol. The van der Waals surface area contributed by atoms with Crippen molar-refractivity contribution in [3.8, 4) is 11.4 Å². The summed E-state index contributed by atoms with van der Waals surface area (Å²) in [4.78, 5) is 93.7. The average molecular weight is 1110 g/mol. The lowest BCUT2D eigenvalue weighted by atomic mass is 9.46. The summed E-state index contributed by atoms with van der Waals surface area (Å²) in [5.74, 6) is -3.01. The Morgan fingerprint density at radius 1 is 0.912 bits per heavy atom. The molecule has 416 valence electrons. The molecule has 0 unspecified atom stereocenters. The number of hydrogen-bond donors (Lipinski definition) is 7. The van der Waals surface area contributed by atoms with E-state index >= 15 is 0 Å². The first-order chi connectivity index (χ1) is 38.4. The number of thiazole rings is 1. The highest BCUT2D eigenvalue weighted by Crippen LogP contribution is 2.70. The van der Waals surface area contributed by atoms with Gasteiger partial charge in [0.15, 0.2) is 29.8 Å². The highest BCUT2D eigenvalue weighted by Gasteiger charge is 2.76. The third kappa shape index (κ3) is 11.3. The molecule has 1 saturated heterocycles. The topological polar surface area (TPSA) is 320 Å². The second-order valence-corrected chi connectivity index (χ2v) is 22.3. The molecule has 7 N–H and O–H groups in total. The van der Waals surface area contributed by atoms with Crippen LogP contribution in [0.1, 0.15) is 85.9 Å². The molecule has 1 aliphatic heterocycles. The minimum Gasteiger partial charge on any atom is -0.481 e. The van der Waals surface area contributed by atoms with E-state index < -0.39 is 96.1 Å². The summed E-state index contributed by atoms with van der Waals surface area (Å²) in [5.41, 5.74) is 2.10. The van der Waals surface area contributed by atoms with E-state index in [0.717, 1.165) is 24.0 Å². The number of ether oxygens (including phenoxy) is 3. The number of aromatic nitrogens is 5. The number of Topliss-reactive ketones (excluding diaryl/α,β-unsaturated/α-hetero) is 1. The molecule has 0 spiro atoms. The number of anilines is 2. The molecule has 4 fully saturated rings. The van der Waals surface area contributed by atoms with Crippen LogP contribution >= 0.6 is 11.3 Å². The van der Waals surface area contributed by atoms with Gasteiger partial charge in [-0.05, 0) is 84.9 Å². The van der Waals surface area contributed by atoms with Crippen molar-refractivity contribution in [2.24, 2.45) is 28.6 Å². The van der Waals surface area contributed by atoms with E-state index in [4.69, 9.17) is 14.2 Å². The molecule has 3 heterocycles. The van der Waals surface area contributed by atoms with Crippen molar-refractivity contribution in [3.05, 3.63) is 136 Å². The number of aliphatic hydroxyl groups excluding tert-OH is 2. The van der Waals surface area contributed by atoms with Gasteiger partial charge >= 0.3 is 12.1 Å². The fraction of sp³-hybridized carbons (Fsp3) is 0.404. The highest BCUT2D eigenvalue weighted by atomic mass is 32.1. The van der Waals surface area contributed by atoms with E-state index in [1.165, 1.54) is 17.7 Å². The molecular weight excluding hydrogens is 1050 g/mol. The minimum absolute atomic E-state index is 0.0238. The lowest BCUT2D eigenvalue weighted by Crippen LogP contribution is -2.63. The van der Waals surface area contributed by atoms with Gasteiger partial charge in [-0.25, -0.2) is 9.78 Å². The van der Waals surface area contributed by atoms with Crippen LogP contribution in [-0.4, -0.2) is 119 Å². The number of rotatable bonds is 19. The molecule has 80 heavy (non-hydrogen) atoms. The Hall–Kier alpha value is -7.96. The summed E-state index contributed by atoms with van der Waals surface area (Å²) in [5, 5.41) is 59.5. The molecule has 5 aliphatic rings. The van der Waals surface area contributed by atoms with Gasteiger partial charge in [0.1, 0.15) is 25.1 Å². The number of carboxylic acid groups (broad SMARTS) is 1. The van der Waals surface area contributed by atoms with Gasteiger partial charge in [-0.1, -0.05) is 86.2 Å². The van der Waals surface area contributed by atoms with Gasteiger partial charge in [-0.3, -0.25) is 34.1 Å². The van der Waals surface area contributed by atoms with E-state index in [1.807, 2.05) is 37.3 Å². The number of nitrogens with zero attached hydrogens (tertiary/aromatic N) is 5. The van der Waals surface area contributed by atoms with Crippen molar-refractivity contribution >= 4 is 64.2 Å². The van der Waals surface area contributed by atoms with E-state index in [2.05, 4.69) is 53.6 Å². The molecule has 3 aromatic carbocycles. The number of carbonyl (C=O) groups is 7. The number of hydrogen-bond acceptors (Lipinski definition) is 18. The van der Waals surface area contributed by atoms with Gasteiger partial charge in [0.05, 0.1) is 30.2 Å². The predicted octanol–water partition coefficient (Wildman–Crippen LogP) is 4.98. The first-order valence-corrected chi connectivity index (χ1v) is 27.2. The Bertz CT molecular complexity index is 3250. The third-order valence-corrected chi connectivity index (χ3v) is 17.4. The van der Waals surface area contributed by atoms with Gasteiger partial charge in [0.2, 0.25) is 23.5 Å². The van der Waals surface area contributed by atoms with Crippen LogP contribution in [0.3, 0.4) is 0 Å². The van der Waals surface area contributed by atoms with Crippen molar-refractivity contribution in [1.29, 1.82) is 0 Å². The molecule has 22 nitrogen and oxygen atoms in total. The molecule has 2 aromatic heterocycles. The normalized spacial score (nSPS) is 26.6. The summed E-state index contributed by atoms with van der Waals surface area (Å²) >= 11 is 1.35. The summed E-state index contributed by atoms with van der Waals surface area (Å²) in [6.45, 7) is 2.80. The number of aliphatic carboxylic acids is 1. The van der Waals surface area contributed by atoms with Crippen LogP contribution < -0.4 is 21.3 Å². The van der Waals surface area contributed by atoms with Crippen LogP contribution in [0.2, 0.25) is 0 Å². The van der Waals surface area contributed by atoms with Gasteiger partial charge in [-0.15, -0.1) is 31.7 Å². The highest BCUT2D eigenvalue weighted by molar-refractivity contribution is 7.10. The van der Waals surface area contributed by atoms with Crippen molar-refractivity contribution in [3.63, 3.8) is 0 Å². The zero-order chi connectivity index (χ0) is 56.3. The Morgan fingerprint density at radius 3 is 2.36 bits per heavy atom. The van der Waals surface area contributed by atoms with Crippen LogP contribution in [0.25, 0.3) is 11.4 Å². The first-order valence-electron chi connectivity index (χ1n) is 26.3. The second-order valence-electron chi connectivity index (χ2n) is 21.3. The van der Waals surface area contributed by atoms with Crippen LogP contribution in [0.5, 0.6) is 0 Å². The number of benzene rings is 3. The van der Waals surface area contributed by atoms with E-state index in [1.54, 1.807) is 66.1 Å². The maximum Gasteiger partial charge on any atom is 0.413 e. The summed E-state index contributed by atoms with van der Waals surface area (Å²) in [7, 11) is 0. The van der Waals surface area contributed by atoms with Gasteiger partial charge in [-0.2, -0.15) is 0 Å². The molecular formula is C57H59N9O13S. The van der Waals surface area contributed by atoms with E-state index in [0.29, 0.717) is 57.4 Å². The van der Waals surface area contributed by atoms with Crippen LogP contribution in [-0.2, 0) is 62.4 Å². The standard InChI is InChI=1S/C57H59N9O13S/c1-55-20-19-38(68)23-36(55)13-16-39-40-24-44-57(43(70)27-67,56(40,2)25-42(69)50(39)55)79-53(78-44)35-11-5-32(6-12-35)22-48-63-45(29-80-48)64-54(76)77-28-33-7-14-37(15-8-33)61-52(75)41(17-18-49(73)74)62-47(72)26-58-46(71)21-31-3-9-34(10-4-31)51-65-59-30-60-66-51/h3-12,14-15,19-20,23,29-30,39-42,44,50,53,67,69H,13,16-18,21-22,24-28H2,1-2H3,(H,58,71)(H,61,75)(H,62,72)(H,64,76)(H,73,74)/t39-,40-,41-,42-,44+,50+,53+,55-,56-,57+/m0/s1. The van der Waals surface area contributed by atoms with Crippen molar-refractivity contribution in [1.82, 2.24) is 36.0 Å². The number of allylic oxidation sites excluding steroid dienone is 4. The molecule has 10 atom stereocenters. The maximum atomic E-state index is 14.0. The number of carboxylic acids is 1. The quantitative estimate of drug-likeness (QED) is 0.0573. The summed E-state index contributed by atoms with van der Waals surface area (Å²) in [6.07, 6.45) is 5.49. The predicted molar refractivity (Wildman–Crippen MR) is 286 cm³/mol. The molecule has 23 heteroatoms. The zero-order valence-electron chi connectivity index (χ0n) is 43.7. The Labute approximate surface area is 462 Å². The minimum atomic E-state index is -1.47. The van der Waals surface area contributed by atoms with Crippen LogP contribution in [0.15, 0.2) is 108 Å². The zero-order valence-corrected chi connectivity index (χ0v) is 44.5. The van der Waals surface area contributed by atoms with Crippen molar-refractivity contribution in [2.45, 2.75) is 102 Å². The molecule has 4 aliphatic carbocycles. The van der Waals surface area contributed by atoms with Gasteiger partial charge in [0.25, 0.3) is 0 Å². The van der Waals surface area contributed by atoms with E-state index in [9.17, 15) is 48.9 Å². The fourth-order valence-electron chi connectivity index (χ4n) is 12.8. The lowest BCUT2D eigenvalue weighted by Gasteiger charge is -2.59. The molecule has 4 amide bonds. The smallest absolute Gasteiger partial charge is 0.413 e. The molecule has 3 saturated carbocycles. The SMILES string of the molecule is C[C@]12C=CC(=O)C=C1CC[C@@H]1[C@@H]2[C@@H](O)C[C@@]2(C)[C@H]1C[C@H]1O[C@@H](c3ccc(Cc4nc(NC(=O)OCc5ccc(NC(=O)[C@H](CCC(=O)O)NC(=O)CNC(=O)Cc6ccc(-c7nncnn7)cc6)cc5)cs4)cc3)O[C@]12C(=O)CO. The van der Waals surface area contributed by atoms with Crippen LogP contribution in [0, 0.1) is 28.6 Å².